The number of benzene rings is 1. The van der Waals surface area contributed by atoms with E-state index in [9.17, 15) is 4.79 Å². The summed E-state index contributed by atoms with van der Waals surface area (Å²) in [6.07, 6.45) is 0. The van der Waals surface area contributed by atoms with Gasteiger partial charge in [-0.1, -0.05) is 18.2 Å². The predicted octanol–water partition coefficient (Wildman–Crippen LogP) is 3.01. The first kappa shape index (κ1) is 18.0. The number of thiophene rings is 1. The SMILES string of the molecule is COCCNCCNC(=O)c1ccccc1SCc1cccs1. The zero-order valence-electron chi connectivity index (χ0n) is 13.2. The summed E-state index contributed by atoms with van der Waals surface area (Å²) in [5, 5.41) is 8.24. The Morgan fingerprint density at radius 1 is 1.17 bits per heavy atom. The molecule has 23 heavy (non-hydrogen) atoms. The molecule has 0 saturated carbocycles. The number of amides is 1. The van der Waals surface area contributed by atoms with Gasteiger partial charge in [0.15, 0.2) is 0 Å². The Labute approximate surface area is 145 Å². The van der Waals surface area contributed by atoms with Crippen molar-refractivity contribution in [2.75, 3.05) is 33.4 Å². The number of nitrogens with one attached hydrogen (secondary N) is 2. The van der Waals surface area contributed by atoms with E-state index < -0.39 is 0 Å². The Kier molecular flexibility index (Phi) is 8.17. The van der Waals surface area contributed by atoms with Crippen LogP contribution < -0.4 is 10.6 Å². The summed E-state index contributed by atoms with van der Waals surface area (Å²) < 4.78 is 4.96. The Morgan fingerprint density at radius 3 is 2.83 bits per heavy atom. The van der Waals surface area contributed by atoms with Crippen molar-refractivity contribution in [2.24, 2.45) is 0 Å². The molecule has 0 fully saturated rings. The first-order valence-electron chi connectivity index (χ1n) is 7.53. The highest BCUT2D eigenvalue weighted by atomic mass is 32.2. The van der Waals surface area contributed by atoms with Crippen molar-refractivity contribution in [3.63, 3.8) is 0 Å². The van der Waals surface area contributed by atoms with Crippen LogP contribution in [0.1, 0.15) is 15.2 Å². The summed E-state index contributed by atoms with van der Waals surface area (Å²) in [5.74, 6) is 0.869. The van der Waals surface area contributed by atoms with Crippen LogP contribution >= 0.6 is 23.1 Å². The largest absolute Gasteiger partial charge is 0.383 e. The topological polar surface area (TPSA) is 50.4 Å². The average Bonchev–Trinajstić information content (AvgIpc) is 3.09. The minimum Gasteiger partial charge on any atom is -0.383 e. The number of rotatable bonds is 10. The second-order valence-corrected chi connectivity index (χ2v) is 6.91. The molecule has 2 N–H and O–H groups in total. The number of methoxy groups -OCH3 is 1. The van der Waals surface area contributed by atoms with E-state index in [4.69, 9.17) is 4.74 Å². The van der Waals surface area contributed by atoms with Gasteiger partial charge in [0, 0.05) is 42.3 Å². The molecule has 1 amide bonds. The molecule has 0 atom stereocenters. The van der Waals surface area contributed by atoms with Crippen LogP contribution in [0.3, 0.4) is 0 Å². The van der Waals surface area contributed by atoms with Crippen LogP contribution in [0.15, 0.2) is 46.7 Å². The molecule has 0 aliphatic rings. The molecular formula is C17H22N2O2S2. The molecule has 1 heterocycles. The number of carbonyl (C=O) groups is 1. The van der Waals surface area contributed by atoms with Gasteiger partial charge in [0.05, 0.1) is 12.2 Å². The maximum absolute atomic E-state index is 12.3. The van der Waals surface area contributed by atoms with Gasteiger partial charge in [0.1, 0.15) is 0 Å². The van der Waals surface area contributed by atoms with Gasteiger partial charge in [-0.25, -0.2) is 0 Å². The molecule has 1 aromatic carbocycles. The summed E-state index contributed by atoms with van der Waals surface area (Å²) in [7, 11) is 1.67. The van der Waals surface area contributed by atoms with Gasteiger partial charge < -0.3 is 15.4 Å². The van der Waals surface area contributed by atoms with Crippen LogP contribution in [-0.4, -0.2) is 39.3 Å². The highest BCUT2D eigenvalue weighted by Gasteiger charge is 2.11. The van der Waals surface area contributed by atoms with E-state index in [-0.39, 0.29) is 5.91 Å². The molecule has 124 valence electrons. The number of thioether (sulfide) groups is 1. The third kappa shape index (κ3) is 6.35. The zero-order valence-corrected chi connectivity index (χ0v) is 14.8. The second kappa shape index (κ2) is 10.4. The molecule has 2 rings (SSSR count). The normalized spacial score (nSPS) is 10.7. The minimum atomic E-state index is -0.0205. The molecule has 4 nitrogen and oxygen atoms in total. The van der Waals surface area contributed by atoms with Gasteiger partial charge in [-0.05, 0) is 23.6 Å². The standard InChI is InChI=1S/C17H22N2O2S2/c1-21-11-10-18-8-9-19-17(20)15-6-2-3-7-16(15)23-13-14-5-4-12-22-14/h2-7,12,18H,8-11,13H2,1H3,(H,19,20). The maximum atomic E-state index is 12.3. The van der Waals surface area contributed by atoms with Gasteiger partial charge in [0.25, 0.3) is 5.91 Å². The lowest BCUT2D eigenvalue weighted by molar-refractivity contribution is 0.0951. The van der Waals surface area contributed by atoms with Crippen LogP contribution in [0.25, 0.3) is 0 Å². The molecule has 1 aromatic heterocycles. The lowest BCUT2D eigenvalue weighted by Gasteiger charge is -2.10. The van der Waals surface area contributed by atoms with E-state index in [0.717, 1.165) is 29.3 Å². The first-order chi connectivity index (χ1) is 11.3. The predicted molar refractivity (Wildman–Crippen MR) is 97.4 cm³/mol. The summed E-state index contributed by atoms with van der Waals surface area (Å²) in [6, 6.07) is 11.9. The van der Waals surface area contributed by atoms with E-state index in [1.54, 1.807) is 30.2 Å². The quantitative estimate of drug-likeness (QED) is 0.511. The van der Waals surface area contributed by atoms with Crippen LogP contribution in [0, 0.1) is 0 Å². The van der Waals surface area contributed by atoms with Gasteiger partial charge in [-0.3, -0.25) is 4.79 Å². The number of hydrogen-bond donors (Lipinski definition) is 2. The highest BCUT2D eigenvalue weighted by Crippen LogP contribution is 2.27. The highest BCUT2D eigenvalue weighted by molar-refractivity contribution is 7.98. The van der Waals surface area contributed by atoms with E-state index in [1.165, 1.54) is 4.88 Å². The van der Waals surface area contributed by atoms with Crippen molar-refractivity contribution in [2.45, 2.75) is 10.6 Å². The van der Waals surface area contributed by atoms with E-state index >= 15 is 0 Å². The van der Waals surface area contributed by atoms with Crippen molar-refractivity contribution in [3.05, 3.63) is 52.2 Å². The summed E-state index contributed by atoms with van der Waals surface area (Å²) in [6.45, 7) is 2.81. The van der Waals surface area contributed by atoms with Crippen molar-refractivity contribution in [1.82, 2.24) is 10.6 Å². The Morgan fingerprint density at radius 2 is 2.04 bits per heavy atom. The average molecular weight is 351 g/mol. The Bertz CT molecular complexity index is 588. The van der Waals surface area contributed by atoms with Crippen LogP contribution in [0.2, 0.25) is 0 Å². The van der Waals surface area contributed by atoms with Gasteiger partial charge in [-0.15, -0.1) is 23.1 Å². The van der Waals surface area contributed by atoms with Crippen molar-refractivity contribution in [3.8, 4) is 0 Å². The monoisotopic (exact) mass is 350 g/mol. The van der Waals surface area contributed by atoms with E-state index in [1.807, 2.05) is 24.3 Å². The number of hydrogen-bond acceptors (Lipinski definition) is 5. The van der Waals surface area contributed by atoms with E-state index in [2.05, 4.69) is 28.1 Å². The fourth-order valence-corrected chi connectivity index (χ4v) is 3.81. The van der Waals surface area contributed by atoms with Gasteiger partial charge in [0.2, 0.25) is 0 Å². The number of ether oxygens (including phenoxy) is 1. The minimum absolute atomic E-state index is 0.0205. The summed E-state index contributed by atoms with van der Waals surface area (Å²) in [5.41, 5.74) is 0.742. The fourth-order valence-electron chi connectivity index (χ4n) is 1.98. The summed E-state index contributed by atoms with van der Waals surface area (Å²) in [4.78, 5) is 14.7. The van der Waals surface area contributed by atoms with Crippen LogP contribution in [-0.2, 0) is 10.5 Å². The summed E-state index contributed by atoms with van der Waals surface area (Å²) >= 11 is 3.44. The van der Waals surface area contributed by atoms with Crippen molar-refractivity contribution in [1.29, 1.82) is 0 Å². The molecule has 0 spiro atoms. The van der Waals surface area contributed by atoms with E-state index in [0.29, 0.717) is 13.2 Å². The fraction of sp³-hybridized carbons (Fsp3) is 0.353. The molecule has 0 saturated heterocycles. The van der Waals surface area contributed by atoms with Crippen molar-refractivity contribution >= 4 is 29.0 Å². The third-order valence-electron chi connectivity index (χ3n) is 3.15. The van der Waals surface area contributed by atoms with Crippen LogP contribution in [0.5, 0.6) is 0 Å². The second-order valence-electron chi connectivity index (χ2n) is 4.86. The molecule has 0 radical (unpaired) electrons. The van der Waals surface area contributed by atoms with Crippen LogP contribution in [0.4, 0.5) is 0 Å². The van der Waals surface area contributed by atoms with Crippen molar-refractivity contribution < 1.29 is 9.53 Å². The van der Waals surface area contributed by atoms with Gasteiger partial charge >= 0.3 is 0 Å². The third-order valence-corrected chi connectivity index (χ3v) is 5.33. The Balaban J connectivity index is 1.82. The Hall–Kier alpha value is -1.34. The molecule has 0 aliphatic carbocycles. The molecular weight excluding hydrogens is 328 g/mol. The first-order valence-corrected chi connectivity index (χ1v) is 9.40. The smallest absolute Gasteiger partial charge is 0.252 e. The molecule has 6 heteroatoms. The lowest BCUT2D eigenvalue weighted by Crippen LogP contribution is -2.33. The molecule has 0 aliphatic heterocycles. The maximum Gasteiger partial charge on any atom is 0.252 e. The van der Waals surface area contributed by atoms with Gasteiger partial charge in [-0.2, -0.15) is 0 Å². The molecule has 0 unspecified atom stereocenters. The molecule has 2 aromatic rings. The molecule has 0 bridgehead atoms. The number of carbonyl (C=O) groups excluding carboxylic acids is 1. The lowest BCUT2D eigenvalue weighted by atomic mass is 10.2. The zero-order chi connectivity index (χ0) is 16.3.